The summed E-state index contributed by atoms with van der Waals surface area (Å²) in [4.78, 5) is 27.1. The number of carbonyl (C=O) groups excluding carboxylic acids is 2. The first-order chi connectivity index (χ1) is 13.6. The number of hydrogen-bond acceptors (Lipinski definition) is 5. The smallest absolute Gasteiger partial charge is 0.254 e. The highest BCUT2D eigenvalue weighted by Crippen LogP contribution is 2.28. The number of nitrogens with one attached hydrogen (secondary N) is 1. The van der Waals surface area contributed by atoms with E-state index in [1.54, 1.807) is 29.2 Å². The van der Waals surface area contributed by atoms with Gasteiger partial charge in [0.05, 0.1) is 0 Å². The van der Waals surface area contributed by atoms with Gasteiger partial charge in [0.25, 0.3) is 5.91 Å². The number of halogens is 1. The standard InChI is InChI=1S/C20H17ClN4O2S/c21-15-10-8-13(9-11-15)18-23-24-20(28-18)22-17(26)16-7-4-12-25(16)19(27)14-5-2-1-3-6-14/h1-3,5-6,8-11,16H,4,7,12H2,(H,22,24,26). The topological polar surface area (TPSA) is 75.2 Å². The number of rotatable bonds is 4. The Morgan fingerprint density at radius 1 is 1.07 bits per heavy atom. The lowest BCUT2D eigenvalue weighted by atomic mass is 10.1. The van der Waals surface area contributed by atoms with Crippen molar-refractivity contribution in [3.63, 3.8) is 0 Å². The molecule has 142 valence electrons. The van der Waals surface area contributed by atoms with Crippen LogP contribution in [0.1, 0.15) is 23.2 Å². The quantitative estimate of drug-likeness (QED) is 0.699. The minimum atomic E-state index is -0.504. The van der Waals surface area contributed by atoms with E-state index in [-0.39, 0.29) is 11.8 Å². The van der Waals surface area contributed by atoms with Gasteiger partial charge in [-0.1, -0.05) is 53.3 Å². The second-order valence-corrected chi connectivity index (χ2v) is 7.85. The molecule has 8 heteroatoms. The highest BCUT2D eigenvalue weighted by molar-refractivity contribution is 7.18. The van der Waals surface area contributed by atoms with E-state index in [1.165, 1.54) is 11.3 Å². The van der Waals surface area contributed by atoms with Crippen LogP contribution in [0.5, 0.6) is 0 Å². The van der Waals surface area contributed by atoms with Crippen LogP contribution >= 0.6 is 22.9 Å². The molecule has 28 heavy (non-hydrogen) atoms. The van der Waals surface area contributed by atoms with E-state index in [2.05, 4.69) is 15.5 Å². The van der Waals surface area contributed by atoms with Crippen LogP contribution in [0.2, 0.25) is 5.02 Å². The van der Waals surface area contributed by atoms with Crippen LogP contribution in [0.25, 0.3) is 10.6 Å². The van der Waals surface area contributed by atoms with E-state index in [9.17, 15) is 9.59 Å². The van der Waals surface area contributed by atoms with Gasteiger partial charge in [0.1, 0.15) is 11.0 Å². The van der Waals surface area contributed by atoms with Crippen LogP contribution < -0.4 is 5.32 Å². The van der Waals surface area contributed by atoms with Crippen molar-refractivity contribution in [3.8, 4) is 10.6 Å². The third-order valence-electron chi connectivity index (χ3n) is 4.58. The van der Waals surface area contributed by atoms with Gasteiger partial charge in [-0.2, -0.15) is 0 Å². The molecule has 1 unspecified atom stereocenters. The Bertz CT molecular complexity index is 991. The van der Waals surface area contributed by atoms with Gasteiger partial charge in [-0.15, -0.1) is 10.2 Å². The van der Waals surface area contributed by atoms with Crippen LogP contribution in [0.4, 0.5) is 5.13 Å². The molecule has 1 atom stereocenters. The summed E-state index contributed by atoms with van der Waals surface area (Å²) in [5, 5.41) is 12.7. The van der Waals surface area contributed by atoms with Gasteiger partial charge in [-0.25, -0.2) is 0 Å². The molecule has 6 nitrogen and oxygen atoms in total. The number of hydrogen-bond donors (Lipinski definition) is 1. The predicted molar refractivity (Wildman–Crippen MR) is 109 cm³/mol. The first-order valence-electron chi connectivity index (χ1n) is 8.88. The molecule has 1 aromatic heterocycles. The predicted octanol–water partition coefficient (Wildman–Crippen LogP) is 4.10. The van der Waals surface area contributed by atoms with Crippen LogP contribution in [0, 0.1) is 0 Å². The molecule has 1 saturated heterocycles. The van der Waals surface area contributed by atoms with Crippen molar-refractivity contribution >= 4 is 39.9 Å². The summed E-state index contributed by atoms with van der Waals surface area (Å²) in [6.45, 7) is 0.567. The van der Waals surface area contributed by atoms with Gasteiger partial charge in [0.15, 0.2) is 0 Å². The minimum Gasteiger partial charge on any atom is -0.327 e. The SMILES string of the molecule is O=C(Nc1nnc(-c2ccc(Cl)cc2)s1)C1CCCN1C(=O)c1ccccc1. The summed E-state index contributed by atoms with van der Waals surface area (Å²) in [5.41, 5.74) is 1.47. The Kier molecular flexibility index (Phi) is 5.36. The van der Waals surface area contributed by atoms with Gasteiger partial charge < -0.3 is 4.90 Å². The third kappa shape index (κ3) is 3.90. The maximum atomic E-state index is 12.8. The van der Waals surface area contributed by atoms with Gasteiger partial charge >= 0.3 is 0 Å². The Morgan fingerprint density at radius 2 is 1.82 bits per heavy atom. The van der Waals surface area contributed by atoms with Crippen LogP contribution in [-0.2, 0) is 4.79 Å². The molecule has 2 heterocycles. The molecule has 2 aromatic carbocycles. The fourth-order valence-corrected chi connectivity index (χ4v) is 4.08. The second-order valence-electron chi connectivity index (χ2n) is 6.43. The molecule has 1 aliphatic rings. The van der Waals surface area contributed by atoms with Crippen LogP contribution in [-0.4, -0.2) is 39.5 Å². The Labute approximate surface area is 171 Å². The normalized spacial score (nSPS) is 16.2. The van der Waals surface area contributed by atoms with Gasteiger partial charge in [-0.3, -0.25) is 14.9 Å². The number of benzene rings is 2. The third-order valence-corrected chi connectivity index (χ3v) is 5.72. The Hall–Kier alpha value is -2.77. The second kappa shape index (κ2) is 8.08. The van der Waals surface area contributed by atoms with Gasteiger partial charge in [0, 0.05) is 22.7 Å². The molecular weight excluding hydrogens is 396 g/mol. The number of nitrogens with zero attached hydrogens (tertiary/aromatic N) is 3. The number of carbonyl (C=O) groups is 2. The monoisotopic (exact) mass is 412 g/mol. The summed E-state index contributed by atoms with van der Waals surface area (Å²) >= 11 is 7.19. The molecule has 1 fully saturated rings. The van der Waals surface area contributed by atoms with E-state index in [0.717, 1.165) is 12.0 Å². The Morgan fingerprint density at radius 3 is 2.57 bits per heavy atom. The number of aromatic nitrogens is 2. The van der Waals surface area contributed by atoms with Crippen molar-refractivity contribution < 1.29 is 9.59 Å². The molecule has 3 aromatic rings. The lowest BCUT2D eigenvalue weighted by Crippen LogP contribution is -2.43. The minimum absolute atomic E-state index is 0.127. The van der Waals surface area contributed by atoms with E-state index < -0.39 is 6.04 Å². The molecule has 0 aliphatic carbocycles. The molecule has 0 saturated carbocycles. The zero-order valence-corrected chi connectivity index (χ0v) is 16.4. The van der Waals surface area contributed by atoms with Crippen molar-refractivity contribution in [3.05, 3.63) is 65.2 Å². The average Bonchev–Trinajstić information content (AvgIpc) is 3.38. The first-order valence-corrected chi connectivity index (χ1v) is 10.1. The van der Waals surface area contributed by atoms with E-state index in [0.29, 0.717) is 33.7 Å². The van der Waals surface area contributed by atoms with Crippen molar-refractivity contribution in [2.24, 2.45) is 0 Å². The van der Waals surface area contributed by atoms with E-state index in [4.69, 9.17) is 11.6 Å². The number of anilines is 1. The highest BCUT2D eigenvalue weighted by atomic mass is 35.5. The molecule has 0 spiro atoms. The van der Waals surface area contributed by atoms with Crippen LogP contribution in [0.15, 0.2) is 54.6 Å². The molecule has 1 N–H and O–H groups in total. The summed E-state index contributed by atoms with van der Waals surface area (Å²) in [7, 11) is 0. The van der Waals surface area contributed by atoms with Crippen molar-refractivity contribution in [2.75, 3.05) is 11.9 Å². The largest absolute Gasteiger partial charge is 0.327 e. The Balaban J connectivity index is 1.46. The molecule has 2 amide bonds. The maximum absolute atomic E-state index is 12.8. The summed E-state index contributed by atoms with van der Waals surface area (Å²) < 4.78 is 0. The average molecular weight is 413 g/mol. The van der Waals surface area contributed by atoms with Crippen molar-refractivity contribution in [2.45, 2.75) is 18.9 Å². The summed E-state index contributed by atoms with van der Waals surface area (Å²) in [6, 6.07) is 15.8. The number of likely N-dealkylation sites (tertiary alicyclic amines) is 1. The molecule has 4 rings (SSSR count). The molecule has 1 aliphatic heterocycles. The van der Waals surface area contributed by atoms with Gasteiger partial charge in [-0.05, 0) is 37.1 Å². The van der Waals surface area contributed by atoms with Crippen molar-refractivity contribution in [1.82, 2.24) is 15.1 Å². The van der Waals surface area contributed by atoms with E-state index >= 15 is 0 Å². The maximum Gasteiger partial charge on any atom is 0.254 e. The lowest BCUT2D eigenvalue weighted by Gasteiger charge is -2.23. The highest BCUT2D eigenvalue weighted by Gasteiger charge is 2.34. The molecule has 0 radical (unpaired) electrons. The van der Waals surface area contributed by atoms with Crippen molar-refractivity contribution in [1.29, 1.82) is 0 Å². The fraction of sp³-hybridized carbons (Fsp3) is 0.200. The zero-order chi connectivity index (χ0) is 19.5. The summed E-state index contributed by atoms with van der Waals surface area (Å²) in [5.74, 6) is -0.363. The van der Waals surface area contributed by atoms with E-state index in [1.807, 2.05) is 30.3 Å². The van der Waals surface area contributed by atoms with Gasteiger partial charge in [0.2, 0.25) is 11.0 Å². The van der Waals surface area contributed by atoms with Crippen LogP contribution in [0.3, 0.4) is 0 Å². The zero-order valence-electron chi connectivity index (χ0n) is 14.8. The lowest BCUT2D eigenvalue weighted by molar-refractivity contribution is -0.119. The fourth-order valence-electron chi connectivity index (χ4n) is 3.20. The molecule has 0 bridgehead atoms. The first kappa shape index (κ1) is 18.6. The summed E-state index contributed by atoms with van der Waals surface area (Å²) in [6.07, 6.45) is 1.43. The molecular formula is C20H17ClN4O2S. The number of amides is 2.